The third kappa shape index (κ3) is 5.90. The second kappa shape index (κ2) is 10.2. The molecule has 7 heteroatoms. The molecular weight excluding hydrogens is 438 g/mol. The van der Waals surface area contributed by atoms with E-state index in [1.807, 2.05) is 23.1 Å². The monoisotopic (exact) mass is 475 g/mol. The molecule has 2 heterocycles. The Morgan fingerprint density at radius 3 is 2.37 bits per heavy atom. The number of nitrogens with one attached hydrogen (secondary N) is 2. The number of aryl methyl sites for hydroxylation is 2. The lowest BCUT2D eigenvalue weighted by atomic mass is 9.83. The van der Waals surface area contributed by atoms with Gasteiger partial charge in [0.1, 0.15) is 5.82 Å². The van der Waals surface area contributed by atoms with Crippen molar-refractivity contribution in [3.05, 3.63) is 74.8 Å². The lowest BCUT2D eigenvalue weighted by Gasteiger charge is -2.34. The molecule has 0 bridgehead atoms. The number of hydrogen-bond acceptors (Lipinski definition) is 4. The highest BCUT2D eigenvalue weighted by Crippen LogP contribution is 2.27. The van der Waals surface area contributed by atoms with Crippen LogP contribution >= 0.6 is 0 Å². The Balaban J connectivity index is 1.27. The summed E-state index contributed by atoms with van der Waals surface area (Å²) in [6, 6.07) is 11.9. The predicted molar refractivity (Wildman–Crippen MR) is 141 cm³/mol. The standard InChI is InChI=1S/C28H37N5O2/c1-19-16-21(28(3,4)5)17-20(2)22(19)10-11-29-27(35)33-14-12-32(13-15-33)18-25-30-24-9-7-6-8-23(24)26(34)31-25/h6-9,16-17H,10-15,18H2,1-5H3,(H,29,35)(H,30,31,34). The zero-order chi connectivity index (χ0) is 25.2. The third-order valence-corrected chi connectivity index (χ3v) is 6.91. The van der Waals surface area contributed by atoms with Crippen LogP contribution in [0, 0.1) is 13.8 Å². The van der Waals surface area contributed by atoms with Gasteiger partial charge in [-0.3, -0.25) is 9.69 Å². The van der Waals surface area contributed by atoms with E-state index in [-0.39, 0.29) is 17.0 Å². The van der Waals surface area contributed by atoms with Gasteiger partial charge in [0, 0.05) is 32.7 Å². The molecule has 7 nitrogen and oxygen atoms in total. The van der Waals surface area contributed by atoms with E-state index >= 15 is 0 Å². The highest BCUT2D eigenvalue weighted by molar-refractivity contribution is 5.77. The number of aromatic amines is 1. The van der Waals surface area contributed by atoms with E-state index in [0.29, 0.717) is 42.9 Å². The van der Waals surface area contributed by atoms with E-state index in [9.17, 15) is 9.59 Å². The summed E-state index contributed by atoms with van der Waals surface area (Å²) in [5.74, 6) is 0.662. The Morgan fingerprint density at radius 1 is 1.06 bits per heavy atom. The molecule has 35 heavy (non-hydrogen) atoms. The first-order chi connectivity index (χ1) is 16.6. The Hall–Kier alpha value is -3.19. The van der Waals surface area contributed by atoms with Gasteiger partial charge in [-0.1, -0.05) is 45.0 Å². The van der Waals surface area contributed by atoms with Crippen molar-refractivity contribution in [2.24, 2.45) is 0 Å². The van der Waals surface area contributed by atoms with Crippen molar-refractivity contribution in [2.45, 2.75) is 53.0 Å². The molecule has 2 aromatic carbocycles. The molecule has 0 aliphatic carbocycles. The van der Waals surface area contributed by atoms with E-state index in [1.165, 1.54) is 22.3 Å². The molecule has 0 saturated carbocycles. The molecule has 2 N–H and O–H groups in total. The van der Waals surface area contributed by atoms with Crippen molar-refractivity contribution in [1.82, 2.24) is 25.1 Å². The third-order valence-electron chi connectivity index (χ3n) is 6.91. The van der Waals surface area contributed by atoms with Gasteiger partial charge in [0.25, 0.3) is 5.56 Å². The Morgan fingerprint density at radius 2 is 1.71 bits per heavy atom. The minimum absolute atomic E-state index is 0.0106. The van der Waals surface area contributed by atoms with Crippen LogP contribution in [0.1, 0.15) is 48.8 Å². The smallest absolute Gasteiger partial charge is 0.317 e. The SMILES string of the molecule is Cc1cc(C(C)(C)C)cc(C)c1CCNC(=O)N1CCN(Cc2nc3ccccc3c(=O)[nH]2)CC1. The summed E-state index contributed by atoms with van der Waals surface area (Å²) in [7, 11) is 0. The fourth-order valence-electron chi connectivity index (χ4n) is 4.76. The highest BCUT2D eigenvalue weighted by atomic mass is 16.2. The molecule has 186 valence electrons. The second-order valence-corrected chi connectivity index (χ2v) is 10.6. The van der Waals surface area contributed by atoms with Crippen molar-refractivity contribution in [3.63, 3.8) is 0 Å². The zero-order valence-corrected chi connectivity index (χ0v) is 21.6. The number of para-hydroxylation sites is 1. The van der Waals surface area contributed by atoms with Crippen LogP contribution in [-0.4, -0.2) is 58.5 Å². The first-order valence-corrected chi connectivity index (χ1v) is 12.5. The van der Waals surface area contributed by atoms with E-state index in [1.54, 1.807) is 6.07 Å². The van der Waals surface area contributed by atoms with Crippen LogP contribution < -0.4 is 10.9 Å². The number of urea groups is 1. The largest absolute Gasteiger partial charge is 0.338 e. The molecule has 4 rings (SSSR count). The van der Waals surface area contributed by atoms with Crippen LogP contribution in [0.15, 0.2) is 41.2 Å². The number of fused-ring (bicyclic) bond motifs is 1. The van der Waals surface area contributed by atoms with Crippen molar-refractivity contribution in [3.8, 4) is 0 Å². The average molecular weight is 476 g/mol. The molecule has 0 radical (unpaired) electrons. The van der Waals surface area contributed by atoms with E-state index in [4.69, 9.17) is 0 Å². The van der Waals surface area contributed by atoms with Gasteiger partial charge in [0.2, 0.25) is 0 Å². The van der Waals surface area contributed by atoms with Crippen LogP contribution in [0.4, 0.5) is 4.79 Å². The molecule has 1 aromatic heterocycles. The van der Waals surface area contributed by atoms with Crippen molar-refractivity contribution < 1.29 is 4.79 Å². The minimum atomic E-state index is -0.109. The van der Waals surface area contributed by atoms with Gasteiger partial charge in [-0.15, -0.1) is 0 Å². The molecule has 0 unspecified atom stereocenters. The van der Waals surface area contributed by atoms with Crippen LogP contribution in [0.5, 0.6) is 0 Å². The summed E-state index contributed by atoms with van der Waals surface area (Å²) in [6.45, 7) is 15.0. The number of nitrogens with zero attached hydrogens (tertiary/aromatic N) is 3. The van der Waals surface area contributed by atoms with Gasteiger partial charge in [-0.05, 0) is 60.1 Å². The van der Waals surface area contributed by atoms with E-state index in [2.05, 4.69) is 66.9 Å². The highest BCUT2D eigenvalue weighted by Gasteiger charge is 2.22. The van der Waals surface area contributed by atoms with Gasteiger partial charge in [-0.25, -0.2) is 9.78 Å². The van der Waals surface area contributed by atoms with Crippen LogP contribution in [0.25, 0.3) is 10.9 Å². The number of benzene rings is 2. The topological polar surface area (TPSA) is 81.3 Å². The van der Waals surface area contributed by atoms with Gasteiger partial charge < -0.3 is 15.2 Å². The maximum absolute atomic E-state index is 12.7. The fraction of sp³-hybridized carbons (Fsp3) is 0.464. The summed E-state index contributed by atoms with van der Waals surface area (Å²) < 4.78 is 0. The molecule has 1 aliphatic heterocycles. The summed E-state index contributed by atoms with van der Waals surface area (Å²) in [4.78, 5) is 36.6. The molecular formula is C28H37N5O2. The molecule has 2 amide bonds. The van der Waals surface area contributed by atoms with Gasteiger partial charge >= 0.3 is 6.03 Å². The van der Waals surface area contributed by atoms with Crippen molar-refractivity contribution in [2.75, 3.05) is 32.7 Å². The first kappa shape index (κ1) is 24.9. The molecule has 0 spiro atoms. The number of carbonyl (C=O) groups is 1. The maximum atomic E-state index is 12.7. The summed E-state index contributed by atoms with van der Waals surface area (Å²) >= 11 is 0. The number of rotatable bonds is 5. The van der Waals surface area contributed by atoms with Crippen LogP contribution in [0.2, 0.25) is 0 Å². The number of aromatic nitrogens is 2. The first-order valence-electron chi connectivity index (χ1n) is 12.5. The Labute approximate surface area is 207 Å². The minimum Gasteiger partial charge on any atom is -0.338 e. The lowest BCUT2D eigenvalue weighted by Crippen LogP contribution is -2.51. The Bertz CT molecular complexity index is 1240. The van der Waals surface area contributed by atoms with E-state index < -0.39 is 0 Å². The summed E-state index contributed by atoms with van der Waals surface area (Å²) in [5, 5.41) is 3.71. The molecule has 3 aromatic rings. The number of H-pyrrole nitrogens is 1. The second-order valence-electron chi connectivity index (χ2n) is 10.6. The van der Waals surface area contributed by atoms with Gasteiger partial charge in [0.15, 0.2) is 0 Å². The summed E-state index contributed by atoms with van der Waals surface area (Å²) in [6.07, 6.45) is 0.828. The summed E-state index contributed by atoms with van der Waals surface area (Å²) in [5.41, 5.74) is 5.98. The van der Waals surface area contributed by atoms with Gasteiger partial charge in [0.05, 0.1) is 17.4 Å². The molecule has 0 atom stereocenters. The molecule has 1 fully saturated rings. The number of amides is 2. The quantitative estimate of drug-likeness (QED) is 0.586. The number of piperazine rings is 1. The Kier molecular flexibility index (Phi) is 7.26. The molecule has 1 saturated heterocycles. The van der Waals surface area contributed by atoms with Crippen LogP contribution in [-0.2, 0) is 18.4 Å². The van der Waals surface area contributed by atoms with Crippen molar-refractivity contribution >= 4 is 16.9 Å². The normalized spacial score (nSPS) is 14.9. The van der Waals surface area contributed by atoms with E-state index in [0.717, 1.165) is 19.5 Å². The van der Waals surface area contributed by atoms with Crippen molar-refractivity contribution in [1.29, 1.82) is 0 Å². The number of hydrogen-bond donors (Lipinski definition) is 2. The van der Waals surface area contributed by atoms with Gasteiger partial charge in [-0.2, -0.15) is 0 Å². The maximum Gasteiger partial charge on any atom is 0.317 e. The van der Waals surface area contributed by atoms with Crippen LogP contribution in [0.3, 0.4) is 0 Å². The zero-order valence-electron chi connectivity index (χ0n) is 21.6. The number of carbonyl (C=O) groups excluding carboxylic acids is 1. The fourth-order valence-corrected chi connectivity index (χ4v) is 4.76. The molecule has 1 aliphatic rings. The average Bonchev–Trinajstić information content (AvgIpc) is 2.80. The lowest BCUT2D eigenvalue weighted by molar-refractivity contribution is 0.133. The predicted octanol–water partition coefficient (Wildman–Crippen LogP) is 3.91.